The molecule has 0 bridgehead atoms. The first-order valence-electron chi connectivity index (χ1n) is 11.2. The van der Waals surface area contributed by atoms with Crippen LogP contribution < -0.4 is 5.32 Å². The summed E-state index contributed by atoms with van der Waals surface area (Å²) in [6, 6.07) is 20.0. The summed E-state index contributed by atoms with van der Waals surface area (Å²) in [5.74, 6) is -0.952. The first-order chi connectivity index (χ1) is 17.7. The quantitative estimate of drug-likeness (QED) is 0.296. The van der Waals surface area contributed by atoms with Crippen molar-refractivity contribution in [3.05, 3.63) is 101 Å². The smallest absolute Gasteiger partial charge is 0.449 e. The van der Waals surface area contributed by atoms with Gasteiger partial charge in [0.1, 0.15) is 6.07 Å². The highest BCUT2D eigenvalue weighted by Crippen LogP contribution is 2.29. The lowest BCUT2D eigenvalue weighted by Crippen LogP contribution is -2.48. The SMILES string of the molecule is N#C/C(=C\c1cccc(CCOC(=O)N[C@@H](Cc2ccccc2)B(O)O)c1)c1ccc(C(F)(F)F)cn1. The highest BCUT2D eigenvalue weighted by atomic mass is 19.4. The van der Waals surface area contributed by atoms with E-state index in [2.05, 4.69) is 10.3 Å². The Balaban J connectivity index is 1.58. The van der Waals surface area contributed by atoms with Crippen molar-refractivity contribution in [2.24, 2.45) is 0 Å². The van der Waals surface area contributed by atoms with Crippen LogP contribution in [0.3, 0.4) is 0 Å². The molecule has 1 atom stereocenters. The fourth-order valence-corrected chi connectivity index (χ4v) is 3.44. The first-order valence-corrected chi connectivity index (χ1v) is 11.2. The molecule has 0 radical (unpaired) electrons. The van der Waals surface area contributed by atoms with Gasteiger partial charge in [-0.25, -0.2) is 4.79 Å². The first kappa shape index (κ1) is 27.5. The standard InChI is InChI=1S/C26H23BF3N3O4/c28-26(29,30)22-9-10-23(32-17-22)21(16-31)14-20-8-4-7-19(13-20)11-12-37-25(34)33-24(27(35)36)15-18-5-2-1-3-6-18/h1-10,13-14,17,24,35-36H,11-12,15H2,(H,33,34)/b21-14+/t24-/m0/s1. The predicted molar refractivity (Wildman–Crippen MR) is 131 cm³/mol. The summed E-state index contributed by atoms with van der Waals surface area (Å²) in [5.41, 5.74) is 1.51. The van der Waals surface area contributed by atoms with E-state index in [0.29, 0.717) is 18.2 Å². The van der Waals surface area contributed by atoms with Crippen LogP contribution in [-0.2, 0) is 23.8 Å². The second-order valence-electron chi connectivity index (χ2n) is 8.08. The van der Waals surface area contributed by atoms with Gasteiger partial charge in [-0.2, -0.15) is 18.4 Å². The molecule has 0 saturated carbocycles. The van der Waals surface area contributed by atoms with Gasteiger partial charge in [0.25, 0.3) is 0 Å². The minimum atomic E-state index is -4.52. The summed E-state index contributed by atoms with van der Waals surface area (Å²) < 4.78 is 43.4. The molecule has 1 heterocycles. The predicted octanol–water partition coefficient (Wildman–Crippen LogP) is 4.06. The topological polar surface area (TPSA) is 115 Å². The third-order valence-corrected chi connectivity index (χ3v) is 5.33. The average molecular weight is 509 g/mol. The number of hydrogen-bond donors (Lipinski definition) is 3. The maximum Gasteiger partial charge on any atom is 0.475 e. The summed E-state index contributed by atoms with van der Waals surface area (Å²) >= 11 is 0. The average Bonchev–Trinajstić information content (AvgIpc) is 2.87. The van der Waals surface area contributed by atoms with Gasteiger partial charge in [-0.1, -0.05) is 54.6 Å². The highest BCUT2D eigenvalue weighted by Gasteiger charge is 2.30. The number of carbonyl (C=O) groups is 1. The Bertz CT molecular complexity index is 1260. The summed E-state index contributed by atoms with van der Waals surface area (Å²) in [4.78, 5) is 15.9. The number of carbonyl (C=O) groups excluding carboxylic acids is 1. The molecule has 190 valence electrons. The van der Waals surface area contributed by atoms with E-state index in [1.165, 1.54) is 6.08 Å². The molecule has 0 saturated heterocycles. The van der Waals surface area contributed by atoms with Crippen molar-refractivity contribution < 1.29 is 32.8 Å². The van der Waals surface area contributed by atoms with Crippen molar-refractivity contribution in [1.29, 1.82) is 5.26 Å². The third-order valence-electron chi connectivity index (χ3n) is 5.33. The van der Waals surface area contributed by atoms with Gasteiger partial charge in [0.05, 0.1) is 29.4 Å². The van der Waals surface area contributed by atoms with Gasteiger partial charge in [0.15, 0.2) is 0 Å². The molecule has 2 aromatic carbocycles. The van der Waals surface area contributed by atoms with E-state index in [1.54, 1.807) is 48.5 Å². The number of nitrogens with one attached hydrogen (secondary N) is 1. The zero-order chi connectivity index (χ0) is 26.8. The van der Waals surface area contributed by atoms with Crippen LogP contribution in [0.2, 0.25) is 0 Å². The Morgan fingerprint density at radius 1 is 1.11 bits per heavy atom. The molecule has 3 rings (SSSR count). The molecule has 11 heteroatoms. The third kappa shape index (κ3) is 8.49. The van der Waals surface area contributed by atoms with Gasteiger partial charge in [0, 0.05) is 12.6 Å². The fraction of sp³-hybridized carbons (Fsp3) is 0.192. The minimum absolute atomic E-state index is 0.00412. The zero-order valence-electron chi connectivity index (χ0n) is 19.5. The molecule has 1 amide bonds. The number of benzene rings is 2. The second-order valence-corrected chi connectivity index (χ2v) is 8.08. The van der Waals surface area contributed by atoms with Gasteiger partial charge in [-0.15, -0.1) is 0 Å². The van der Waals surface area contributed by atoms with E-state index >= 15 is 0 Å². The van der Waals surface area contributed by atoms with Crippen molar-refractivity contribution in [3.63, 3.8) is 0 Å². The number of alkyl halides is 3. The molecular formula is C26H23BF3N3O4. The Labute approximate surface area is 212 Å². The van der Waals surface area contributed by atoms with Crippen LogP contribution in [0.4, 0.5) is 18.0 Å². The molecule has 0 spiro atoms. The van der Waals surface area contributed by atoms with Gasteiger partial charge in [-0.05, 0) is 41.3 Å². The van der Waals surface area contributed by atoms with Gasteiger partial charge in [-0.3, -0.25) is 4.98 Å². The lowest BCUT2D eigenvalue weighted by Gasteiger charge is -2.17. The number of pyridine rings is 1. The Morgan fingerprint density at radius 3 is 2.46 bits per heavy atom. The highest BCUT2D eigenvalue weighted by molar-refractivity contribution is 6.43. The maximum atomic E-state index is 12.8. The fourth-order valence-electron chi connectivity index (χ4n) is 3.44. The van der Waals surface area contributed by atoms with Crippen LogP contribution in [-0.4, -0.2) is 40.8 Å². The van der Waals surface area contributed by atoms with Crippen molar-refractivity contribution in [1.82, 2.24) is 10.3 Å². The number of aromatic nitrogens is 1. The molecule has 7 nitrogen and oxygen atoms in total. The number of amides is 1. The second kappa shape index (κ2) is 12.7. The normalized spacial score (nSPS) is 12.4. The molecule has 0 aliphatic rings. The maximum absolute atomic E-state index is 12.8. The number of halogens is 3. The summed E-state index contributed by atoms with van der Waals surface area (Å²) in [6.45, 7) is 0.00412. The number of alkyl carbamates (subject to hydrolysis) is 1. The van der Waals surface area contributed by atoms with Gasteiger partial charge in [0.2, 0.25) is 0 Å². The molecule has 3 N–H and O–H groups in total. The van der Waals surface area contributed by atoms with E-state index in [0.717, 1.165) is 23.3 Å². The van der Waals surface area contributed by atoms with Gasteiger partial charge < -0.3 is 20.1 Å². The van der Waals surface area contributed by atoms with E-state index in [1.807, 2.05) is 12.1 Å². The zero-order valence-corrected chi connectivity index (χ0v) is 19.5. The van der Waals surface area contributed by atoms with E-state index < -0.39 is 30.9 Å². The largest absolute Gasteiger partial charge is 0.475 e. The number of nitrogens with zero attached hydrogens (tertiary/aromatic N) is 2. The van der Waals surface area contributed by atoms with Crippen LogP contribution in [0.25, 0.3) is 11.6 Å². The molecule has 3 aromatic rings. The number of ether oxygens (including phenoxy) is 1. The summed E-state index contributed by atoms with van der Waals surface area (Å²) in [7, 11) is -1.77. The number of nitriles is 1. The number of rotatable bonds is 9. The Kier molecular flexibility index (Phi) is 9.43. The lowest BCUT2D eigenvalue weighted by atomic mass is 9.76. The Morgan fingerprint density at radius 2 is 1.84 bits per heavy atom. The molecule has 0 aliphatic heterocycles. The van der Waals surface area contributed by atoms with Crippen molar-refractivity contribution in [3.8, 4) is 6.07 Å². The lowest BCUT2D eigenvalue weighted by molar-refractivity contribution is -0.137. The number of allylic oxidation sites excluding steroid dienone is 1. The van der Waals surface area contributed by atoms with Gasteiger partial charge >= 0.3 is 19.4 Å². The van der Waals surface area contributed by atoms with E-state index in [9.17, 15) is 33.3 Å². The summed E-state index contributed by atoms with van der Waals surface area (Å²) in [5, 5.41) is 31.1. The van der Waals surface area contributed by atoms with E-state index in [-0.39, 0.29) is 24.3 Å². The molecule has 1 aromatic heterocycles. The van der Waals surface area contributed by atoms with Crippen LogP contribution in [0.5, 0.6) is 0 Å². The Hall–Kier alpha value is -4.14. The van der Waals surface area contributed by atoms with Crippen LogP contribution >= 0.6 is 0 Å². The monoisotopic (exact) mass is 509 g/mol. The molecule has 0 aliphatic carbocycles. The van der Waals surface area contributed by atoms with E-state index in [4.69, 9.17) is 4.74 Å². The molecule has 0 unspecified atom stereocenters. The molecule has 37 heavy (non-hydrogen) atoms. The molecule has 0 fully saturated rings. The number of hydrogen-bond acceptors (Lipinski definition) is 6. The van der Waals surface area contributed by atoms with Crippen molar-refractivity contribution >= 4 is 24.9 Å². The minimum Gasteiger partial charge on any atom is -0.449 e. The van der Waals surface area contributed by atoms with Crippen molar-refractivity contribution in [2.75, 3.05) is 6.61 Å². The van der Waals surface area contributed by atoms with Crippen molar-refractivity contribution in [2.45, 2.75) is 25.0 Å². The van der Waals surface area contributed by atoms with Crippen LogP contribution in [0.1, 0.15) is 27.9 Å². The molecular weight excluding hydrogens is 486 g/mol. The summed E-state index contributed by atoms with van der Waals surface area (Å²) in [6.07, 6.45) is -2.60. The van der Waals surface area contributed by atoms with Crippen LogP contribution in [0, 0.1) is 11.3 Å². The van der Waals surface area contributed by atoms with Crippen LogP contribution in [0.15, 0.2) is 72.9 Å².